The van der Waals surface area contributed by atoms with Crippen LogP contribution in [0.3, 0.4) is 0 Å². The molecule has 0 fully saturated rings. The summed E-state index contributed by atoms with van der Waals surface area (Å²) in [5.74, 6) is 0.487. The first-order valence-corrected chi connectivity index (χ1v) is 5.15. The number of nitrogens with one attached hydrogen (secondary N) is 1. The van der Waals surface area contributed by atoms with Gasteiger partial charge in [0.15, 0.2) is 0 Å². The van der Waals surface area contributed by atoms with Crippen LogP contribution in [0.5, 0.6) is 0 Å². The molecule has 0 amide bonds. The van der Waals surface area contributed by atoms with Crippen molar-refractivity contribution >= 4 is 0 Å². The highest BCUT2D eigenvalue weighted by atomic mass is 19.1. The number of hydrogen-bond donors (Lipinski definition) is 1. The minimum Gasteiger partial charge on any atom is -0.319 e. The first kappa shape index (κ1) is 11.2. The molecule has 1 aromatic rings. The summed E-state index contributed by atoms with van der Waals surface area (Å²) in [5, 5.41) is 3.18. The van der Waals surface area contributed by atoms with Crippen molar-refractivity contribution in [3.63, 3.8) is 0 Å². The first-order chi connectivity index (χ1) is 6.76. The molecule has 0 spiro atoms. The number of halogens is 1. The summed E-state index contributed by atoms with van der Waals surface area (Å²) in [6, 6.07) is 6.80. The molecule has 0 radical (unpaired) electrons. The van der Waals surface area contributed by atoms with Crippen LogP contribution in [0.15, 0.2) is 24.3 Å². The predicted molar refractivity (Wildman–Crippen MR) is 57.8 cm³/mol. The summed E-state index contributed by atoms with van der Waals surface area (Å²) in [7, 11) is 1.97. The van der Waals surface area contributed by atoms with Crippen molar-refractivity contribution in [3.8, 4) is 0 Å². The highest BCUT2D eigenvalue weighted by molar-refractivity contribution is 5.16. The van der Waals surface area contributed by atoms with E-state index in [0.29, 0.717) is 5.92 Å². The van der Waals surface area contributed by atoms with Gasteiger partial charge in [-0.25, -0.2) is 4.39 Å². The lowest BCUT2D eigenvalue weighted by Crippen LogP contribution is -2.20. The number of hydrogen-bond acceptors (Lipinski definition) is 1. The maximum atomic E-state index is 12.6. The van der Waals surface area contributed by atoms with Gasteiger partial charge in [-0.05, 0) is 43.6 Å². The third-order valence-electron chi connectivity index (χ3n) is 2.51. The fraction of sp³-hybridized carbons (Fsp3) is 0.500. The Kier molecular flexibility index (Phi) is 4.60. The zero-order valence-electron chi connectivity index (χ0n) is 8.89. The standard InChI is InChI=1S/C12H18FN/c1-3-10(9-14-2)8-11-4-6-12(13)7-5-11/h4-7,10,14H,3,8-9H2,1-2H3. The molecule has 0 heterocycles. The summed E-state index contributed by atoms with van der Waals surface area (Å²) in [4.78, 5) is 0. The van der Waals surface area contributed by atoms with Crippen molar-refractivity contribution in [2.75, 3.05) is 13.6 Å². The fourth-order valence-corrected chi connectivity index (χ4v) is 1.60. The van der Waals surface area contributed by atoms with Gasteiger partial charge in [0.2, 0.25) is 0 Å². The molecule has 78 valence electrons. The molecule has 0 aliphatic heterocycles. The quantitative estimate of drug-likeness (QED) is 0.761. The van der Waals surface area contributed by atoms with Crippen molar-refractivity contribution in [1.82, 2.24) is 5.32 Å². The molecule has 0 aliphatic carbocycles. The molecule has 1 rings (SSSR count). The maximum absolute atomic E-state index is 12.6. The average molecular weight is 195 g/mol. The van der Waals surface area contributed by atoms with E-state index in [2.05, 4.69) is 12.2 Å². The number of benzene rings is 1. The van der Waals surface area contributed by atoms with E-state index in [4.69, 9.17) is 0 Å². The average Bonchev–Trinajstić information content (AvgIpc) is 2.20. The molecule has 0 aliphatic rings. The monoisotopic (exact) mass is 195 g/mol. The largest absolute Gasteiger partial charge is 0.319 e. The van der Waals surface area contributed by atoms with Gasteiger partial charge >= 0.3 is 0 Å². The molecular weight excluding hydrogens is 177 g/mol. The third kappa shape index (κ3) is 3.46. The highest BCUT2D eigenvalue weighted by Gasteiger charge is 2.05. The molecule has 0 aromatic heterocycles. The van der Waals surface area contributed by atoms with E-state index in [1.165, 1.54) is 17.7 Å². The van der Waals surface area contributed by atoms with E-state index in [9.17, 15) is 4.39 Å². The predicted octanol–water partition coefficient (Wildman–Crippen LogP) is 2.61. The molecule has 14 heavy (non-hydrogen) atoms. The Morgan fingerprint density at radius 2 is 1.93 bits per heavy atom. The summed E-state index contributed by atoms with van der Waals surface area (Å²) < 4.78 is 12.6. The van der Waals surface area contributed by atoms with Crippen LogP contribution >= 0.6 is 0 Å². The zero-order valence-corrected chi connectivity index (χ0v) is 8.89. The molecule has 2 heteroatoms. The molecular formula is C12H18FN. The summed E-state index contributed by atoms with van der Waals surface area (Å²) in [5.41, 5.74) is 1.22. The molecule has 0 saturated heterocycles. The minimum absolute atomic E-state index is 0.157. The Morgan fingerprint density at radius 1 is 1.29 bits per heavy atom. The van der Waals surface area contributed by atoms with Crippen molar-refractivity contribution in [3.05, 3.63) is 35.6 Å². The summed E-state index contributed by atoms with van der Waals surface area (Å²) in [6.07, 6.45) is 2.18. The van der Waals surface area contributed by atoms with E-state index in [-0.39, 0.29) is 5.82 Å². The highest BCUT2D eigenvalue weighted by Crippen LogP contribution is 2.12. The summed E-state index contributed by atoms with van der Waals surface area (Å²) >= 11 is 0. The lowest BCUT2D eigenvalue weighted by atomic mass is 9.97. The van der Waals surface area contributed by atoms with Gasteiger partial charge in [-0.2, -0.15) is 0 Å². The van der Waals surface area contributed by atoms with Crippen LogP contribution in [-0.4, -0.2) is 13.6 Å². The van der Waals surface area contributed by atoms with Crippen LogP contribution in [0, 0.1) is 11.7 Å². The van der Waals surface area contributed by atoms with E-state index in [1.807, 2.05) is 19.2 Å². The van der Waals surface area contributed by atoms with E-state index in [0.717, 1.165) is 19.4 Å². The third-order valence-corrected chi connectivity index (χ3v) is 2.51. The van der Waals surface area contributed by atoms with Gasteiger partial charge in [-0.15, -0.1) is 0 Å². The number of rotatable bonds is 5. The van der Waals surface area contributed by atoms with Crippen molar-refractivity contribution < 1.29 is 4.39 Å². The van der Waals surface area contributed by atoms with Crippen LogP contribution in [0.2, 0.25) is 0 Å². The molecule has 0 saturated carbocycles. The van der Waals surface area contributed by atoms with Gasteiger partial charge in [-0.1, -0.05) is 25.5 Å². The van der Waals surface area contributed by atoms with Gasteiger partial charge in [0.05, 0.1) is 0 Å². The van der Waals surface area contributed by atoms with Crippen LogP contribution < -0.4 is 5.32 Å². The fourth-order valence-electron chi connectivity index (χ4n) is 1.60. The Morgan fingerprint density at radius 3 is 2.43 bits per heavy atom. The minimum atomic E-state index is -0.157. The SMILES string of the molecule is CCC(CNC)Cc1ccc(F)cc1. The van der Waals surface area contributed by atoms with Crippen LogP contribution in [0.4, 0.5) is 4.39 Å². The van der Waals surface area contributed by atoms with E-state index < -0.39 is 0 Å². The van der Waals surface area contributed by atoms with Gasteiger partial charge < -0.3 is 5.32 Å². The summed E-state index contributed by atoms with van der Waals surface area (Å²) in [6.45, 7) is 3.21. The van der Waals surface area contributed by atoms with Gasteiger partial charge in [0.1, 0.15) is 5.82 Å². The van der Waals surface area contributed by atoms with Crippen molar-refractivity contribution in [2.45, 2.75) is 19.8 Å². The second kappa shape index (κ2) is 5.76. The van der Waals surface area contributed by atoms with Gasteiger partial charge in [0.25, 0.3) is 0 Å². The van der Waals surface area contributed by atoms with Crippen LogP contribution in [0.25, 0.3) is 0 Å². The maximum Gasteiger partial charge on any atom is 0.123 e. The van der Waals surface area contributed by atoms with Crippen LogP contribution in [-0.2, 0) is 6.42 Å². The Balaban J connectivity index is 2.53. The Bertz CT molecular complexity index is 256. The molecule has 1 nitrogen and oxygen atoms in total. The van der Waals surface area contributed by atoms with Crippen molar-refractivity contribution in [2.24, 2.45) is 5.92 Å². The van der Waals surface area contributed by atoms with E-state index in [1.54, 1.807) is 0 Å². The molecule has 0 bridgehead atoms. The normalized spacial score (nSPS) is 12.8. The molecule has 1 N–H and O–H groups in total. The molecule has 1 aromatic carbocycles. The zero-order chi connectivity index (χ0) is 10.4. The van der Waals surface area contributed by atoms with E-state index >= 15 is 0 Å². The second-order valence-corrected chi connectivity index (χ2v) is 3.66. The lowest BCUT2D eigenvalue weighted by Gasteiger charge is -2.13. The van der Waals surface area contributed by atoms with Gasteiger partial charge in [0, 0.05) is 0 Å². The first-order valence-electron chi connectivity index (χ1n) is 5.15. The molecule has 1 unspecified atom stereocenters. The Labute approximate surface area is 85.3 Å². The van der Waals surface area contributed by atoms with Gasteiger partial charge in [-0.3, -0.25) is 0 Å². The van der Waals surface area contributed by atoms with Crippen molar-refractivity contribution in [1.29, 1.82) is 0 Å². The smallest absolute Gasteiger partial charge is 0.123 e. The topological polar surface area (TPSA) is 12.0 Å². The lowest BCUT2D eigenvalue weighted by molar-refractivity contribution is 0.481. The van der Waals surface area contributed by atoms with Crippen LogP contribution in [0.1, 0.15) is 18.9 Å². The Hall–Kier alpha value is -0.890. The molecule has 1 atom stereocenters. The second-order valence-electron chi connectivity index (χ2n) is 3.66.